The summed E-state index contributed by atoms with van der Waals surface area (Å²) in [5, 5.41) is 4.23. The molecule has 8 aromatic carbocycles. The van der Waals surface area contributed by atoms with Crippen molar-refractivity contribution in [3.8, 4) is 11.1 Å². The minimum absolute atomic E-state index is 0.104. The molecule has 0 fully saturated rings. The molecular weight excluding hydrogens is 655 g/mol. The number of hydrogen-bond donors (Lipinski definition) is 0. The number of benzene rings is 8. The molecule has 0 atom stereocenters. The molecule has 0 N–H and O–H groups in total. The molecule has 2 aliphatic rings. The van der Waals surface area contributed by atoms with E-state index in [1.165, 1.54) is 65.8 Å². The normalized spacial score (nSPS) is 12.9. The topological polar surface area (TPSA) is 6.48 Å². The van der Waals surface area contributed by atoms with Crippen molar-refractivity contribution in [2.75, 3.05) is 9.80 Å². The summed E-state index contributed by atoms with van der Waals surface area (Å²) in [7, 11) is -2.25. The molecule has 0 bridgehead atoms. The molecule has 0 aliphatic carbocycles. The molecular formula is C49H37BN2Si. The van der Waals surface area contributed by atoms with E-state index in [-0.39, 0.29) is 6.71 Å². The summed E-state index contributed by atoms with van der Waals surface area (Å²) in [5.41, 5.74) is 13.6. The largest absolute Gasteiger partial charge is 0.311 e. The van der Waals surface area contributed by atoms with Gasteiger partial charge >= 0.3 is 0 Å². The quantitative estimate of drug-likeness (QED) is 0.127. The average Bonchev–Trinajstić information content (AvgIpc) is 3.24. The van der Waals surface area contributed by atoms with E-state index in [0.717, 1.165) is 11.4 Å². The summed E-state index contributed by atoms with van der Waals surface area (Å²) in [4.78, 5) is 4.96. The predicted octanol–water partition coefficient (Wildman–Crippen LogP) is 8.54. The number of nitrogens with zero attached hydrogens (tertiary/aromatic N) is 2. The van der Waals surface area contributed by atoms with Crippen LogP contribution in [0, 0.1) is 0 Å². The van der Waals surface area contributed by atoms with Gasteiger partial charge in [0.1, 0.15) is 8.07 Å². The highest BCUT2D eigenvalue weighted by atomic mass is 28.3. The summed E-state index contributed by atoms with van der Waals surface area (Å²) >= 11 is 0. The molecule has 4 heteroatoms. The Bertz CT molecular complexity index is 2420. The fourth-order valence-corrected chi connectivity index (χ4v) is 12.4. The lowest BCUT2D eigenvalue weighted by atomic mass is 9.33. The van der Waals surface area contributed by atoms with Gasteiger partial charge in [-0.25, -0.2) is 0 Å². The molecule has 2 aliphatic heterocycles. The lowest BCUT2D eigenvalue weighted by Gasteiger charge is -2.44. The van der Waals surface area contributed by atoms with Gasteiger partial charge in [-0.3, -0.25) is 0 Å². The maximum absolute atomic E-state index is 2.49. The first-order valence-electron chi connectivity index (χ1n) is 18.5. The van der Waals surface area contributed by atoms with Crippen LogP contribution in [0.2, 0.25) is 6.55 Å². The van der Waals surface area contributed by atoms with Crippen molar-refractivity contribution >= 4 is 80.9 Å². The average molecular weight is 693 g/mol. The first-order chi connectivity index (χ1) is 26.2. The number of fused-ring (bicyclic) bond motifs is 4. The molecule has 0 radical (unpaired) electrons. The van der Waals surface area contributed by atoms with Crippen LogP contribution in [-0.4, -0.2) is 14.8 Å². The molecule has 10 rings (SSSR count). The zero-order valence-corrected chi connectivity index (χ0v) is 30.6. The van der Waals surface area contributed by atoms with Gasteiger partial charge in [0.25, 0.3) is 6.71 Å². The van der Waals surface area contributed by atoms with Crippen LogP contribution in [0.5, 0.6) is 0 Å². The molecule has 0 aromatic heterocycles. The van der Waals surface area contributed by atoms with Crippen LogP contribution >= 0.6 is 0 Å². The molecule has 53 heavy (non-hydrogen) atoms. The van der Waals surface area contributed by atoms with E-state index in [1.54, 1.807) is 0 Å². The number of anilines is 6. The second kappa shape index (κ2) is 12.7. The molecule has 2 nitrogen and oxygen atoms in total. The van der Waals surface area contributed by atoms with Gasteiger partial charge in [0.05, 0.1) is 0 Å². The summed E-state index contributed by atoms with van der Waals surface area (Å²) in [5.74, 6) is 0. The molecule has 250 valence electrons. The first kappa shape index (κ1) is 31.4. The zero-order valence-electron chi connectivity index (χ0n) is 29.6. The van der Waals surface area contributed by atoms with Crippen LogP contribution in [0.3, 0.4) is 0 Å². The van der Waals surface area contributed by atoms with Gasteiger partial charge in [-0.1, -0.05) is 164 Å². The maximum Gasteiger partial charge on any atom is 0.252 e. The SMILES string of the molecule is C[Si](c1ccccc1)(c1ccccc1)c1ccc(-c2cc3c4c(c2)N(c2ccccc2)c2ccccc2B4c2ccccc2N3c2ccccc2)cc1. The fraction of sp³-hybridized carbons (Fsp3) is 0.0204. The van der Waals surface area contributed by atoms with E-state index in [2.05, 4.69) is 223 Å². The van der Waals surface area contributed by atoms with Crippen molar-refractivity contribution in [3.05, 3.63) is 206 Å². The second-order valence-electron chi connectivity index (χ2n) is 14.3. The van der Waals surface area contributed by atoms with Crippen LogP contribution in [0.15, 0.2) is 206 Å². The molecule has 8 aromatic rings. The number of hydrogen-bond acceptors (Lipinski definition) is 2. The van der Waals surface area contributed by atoms with E-state index in [0.29, 0.717) is 0 Å². The van der Waals surface area contributed by atoms with E-state index in [4.69, 9.17) is 0 Å². The van der Waals surface area contributed by atoms with Crippen molar-refractivity contribution in [2.24, 2.45) is 0 Å². The summed E-state index contributed by atoms with van der Waals surface area (Å²) in [6.45, 7) is 2.59. The standard InChI is InChI=1S/C49H37BN2Si/c1-53(40-22-10-4-11-23-40,41-24-12-5-13-25-41)42-32-30-36(31-33-42)37-34-47-49-48(35-37)52(39-20-8-3-9-21-39)46-29-17-15-27-44(46)50(49)43-26-14-16-28-45(43)51(47)38-18-6-2-7-19-38/h2-35H,1H3. The molecule has 0 amide bonds. The minimum atomic E-state index is -2.25. The molecule has 2 heterocycles. The Morgan fingerprint density at radius 3 is 1.19 bits per heavy atom. The van der Waals surface area contributed by atoms with Crippen LogP contribution in [0.1, 0.15) is 0 Å². The Labute approximate surface area is 313 Å². The molecule has 0 unspecified atom stereocenters. The van der Waals surface area contributed by atoms with Crippen molar-refractivity contribution in [1.29, 1.82) is 0 Å². The Kier molecular flexibility index (Phi) is 7.52. The smallest absolute Gasteiger partial charge is 0.252 e. The van der Waals surface area contributed by atoms with Crippen LogP contribution in [0.25, 0.3) is 11.1 Å². The highest BCUT2D eigenvalue weighted by molar-refractivity contribution is 7.10. The van der Waals surface area contributed by atoms with Gasteiger partial charge in [0.2, 0.25) is 0 Å². The zero-order chi connectivity index (χ0) is 35.4. The highest BCUT2D eigenvalue weighted by Crippen LogP contribution is 2.45. The molecule has 0 saturated heterocycles. The third kappa shape index (κ3) is 5.02. The number of rotatable bonds is 6. The van der Waals surface area contributed by atoms with Crippen LogP contribution in [-0.2, 0) is 0 Å². The van der Waals surface area contributed by atoms with E-state index in [9.17, 15) is 0 Å². The van der Waals surface area contributed by atoms with Gasteiger partial charge < -0.3 is 9.80 Å². The highest BCUT2D eigenvalue weighted by Gasteiger charge is 2.43. The lowest BCUT2D eigenvalue weighted by molar-refractivity contribution is 1.25. The van der Waals surface area contributed by atoms with E-state index < -0.39 is 8.07 Å². The van der Waals surface area contributed by atoms with E-state index >= 15 is 0 Å². The molecule has 0 saturated carbocycles. The van der Waals surface area contributed by atoms with Gasteiger partial charge in [0, 0.05) is 34.1 Å². The molecule has 0 spiro atoms. The van der Waals surface area contributed by atoms with Gasteiger partial charge in [-0.2, -0.15) is 0 Å². The first-order valence-corrected chi connectivity index (χ1v) is 21.0. The van der Waals surface area contributed by atoms with Gasteiger partial charge in [-0.05, 0) is 91.6 Å². The third-order valence-corrected chi connectivity index (χ3v) is 15.9. The van der Waals surface area contributed by atoms with Gasteiger partial charge in [0.15, 0.2) is 0 Å². The Morgan fingerprint density at radius 1 is 0.358 bits per heavy atom. The third-order valence-electron chi connectivity index (χ3n) is 11.4. The van der Waals surface area contributed by atoms with Crippen LogP contribution in [0.4, 0.5) is 34.1 Å². The van der Waals surface area contributed by atoms with Crippen molar-refractivity contribution in [1.82, 2.24) is 0 Å². The van der Waals surface area contributed by atoms with Crippen molar-refractivity contribution in [2.45, 2.75) is 6.55 Å². The van der Waals surface area contributed by atoms with Crippen LogP contribution < -0.4 is 41.7 Å². The minimum Gasteiger partial charge on any atom is -0.311 e. The Balaban J connectivity index is 1.21. The second-order valence-corrected chi connectivity index (χ2v) is 18.2. The fourth-order valence-electron chi connectivity index (χ4n) is 8.81. The van der Waals surface area contributed by atoms with Crippen molar-refractivity contribution < 1.29 is 0 Å². The summed E-state index contributed by atoms with van der Waals surface area (Å²) in [6, 6.07) is 76.2. The summed E-state index contributed by atoms with van der Waals surface area (Å²) < 4.78 is 0. The van der Waals surface area contributed by atoms with Gasteiger partial charge in [-0.15, -0.1) is 0 Å². The van der Waals surface area contributed by atoms with Crippen molar-refractivity contribution in [3.63, 3.8) is 0 Å². The maximum atomic E-state index is 2.49. The predicted molar refractivity (Wildman–Crippen MR) is 229 cm³/mol. The lowest BCUT2D eigenvalue weighted by Crippen LogP contribution is -2.64. The summed E-state index contributed by atoms with van der Waals surface area (Å²) in [6.07, 6.45) is 0. The Morgan fingerprint density at radius 2 is 0.736 bits per heavy atom. The Hall–Kier alpha value is -6.36. The van der Waals surface area contributed by atoms with E-state index in [1.807, 2.05) is 0 Å². The number of para-hydroxylation sites is 4. The monoisotopic (exact) mass is 692 g/mol.